The Hall–Kier alpha value is -1.36. The first-order valence-electron chi connectivity index (χ1n) is 5.59. The van der Waals surface area contributed by atoms with Gasteiger partial charge in [-0.3, -0.25) is 4.79 Å². The second-order valence-corrected chi connectivity index (χ2v) is 4.33. The van der Waals surface area contributed by atoms with Gasteiger partial charge in [0.05, 0.1) is 12.5 Å². The molecule has 1 aliphatic rings. The fraction of sp³-hybridized carbons (Fsp3) is 0.636. The van der Waals surface area contributed by atoms with Gasteiger partial charge < -0.3 is 14.6 Å². The van der Waals surface area contributed by atoms with Gasteiger partial charge in [-0.05, 0) is 18.8 Å². The summed E-state index contributed by atoms with van der Waals surface area (Å²) in [6.45, 7) is 1.59. The van der Waals surface area contributed by atoms with Gasteiger partial charge in [0.15, 0.2) is 0 Å². The zero-order valence-electron chi connectivity index (χ0n) is 9.46. The molecule has 0 bridgehead atoms. The van der Waals surface area contributed by atoms with Gasteiger partial charge in [-0.15, -0.1) is 0 Å². The summed E-state index contributed by atoms with van der Waals surface area (Å²) in [6.07, 6.45) is 5.19. The van der Waals surface area contributed by atoms with Crippen LogP contribution in [-0.4, -0.2) is 45.2 Å². The van der Waals surface area contributed by atoms with Crippen LogP contribution in [0.15, 0.2) is 12.5 Å². The number of hydrogen-bond acceptors (Lipinski definition) is 3. The molecule has 16 heavy (non-hydrogen) atoms. The molecule has 0 spiro atoms. The van der Waals surface area contributed by atoms with Crippen LogP contribution < -0.4 is 0 Å². The van der Waals surface area contributed by atoms with E-state index in [4.69, 9.17) is 5.11 Å². The minimum Gasteiger partial charge on any atom is -0.396 e. The average Bonchev–Trinajstić information content (AvgIpc) is 2.74. The smallest absolute Gasteiger partial charge is 0.272 e. The fourth-order valence-electron chi connectivity index (χ4n) is 2.12. The fourth-order valence-corrected chi connectivity index (χ4v) is 2.12. The van der Waals surface area contributed by atoms with Crippen LogP contribution in [0.2, 0.25) is 0 Å². The molecule has 1 N–H and O–H groups in total. The first kappa shape index (κ1) is 11.1. The SMILES string of the molecule is Cn1cncc1C(=O)N1CCCC(CO)C1. The van der Waals surface area contributed by atoms with E-state index in [0.29, 0.717) is 12.2 Å². The Morgan fingerprint density at radius 3 is 3.12 bits per heavy atom. The van der Waals surface area contributed by atoms with Crippen LogP contribution in [0.5, 0.6) is 0 Å². The Kier molecular flexibility index (Phi) is 3.24. The summed E-state index contributed by atoms with van der Waals surface area (Å²) in [7, 11) is 1.81. The molecular formula is C11H17N3O2. The van der Waals surface area contributed by atoms with Crippen molar-refractivity contribution in [2.45, 2.75) is 12.8 Å². The Labute approximate surface area is 94.7 Å². The second-order valence-electron chi connectivity index (χ2n) is 4.33. The number of carbonyl (C=O) groups is 1. The lowest BCUT2D eigenvalue weighted by atomic mass is 9.99. The van der Waals surface area contributed by atoms with Crippen LogP contribution in [0, 0.1) is 5.92 Å². The van der Waals surface area contributed by atoms with Crippen molar-refractivity contribution < 1.29 is 9.90 Å². The highest BCUT2D eigenvalue weighted by Gasteiger charge is 2.25. The number of aromatic nitrogens is 2. The molecule has 1 atom stereocenters. The minimum absolute atomic E-state index is 0.0122. The largest absolute Gasteiger partial charge is 0.396 e. The van der Waals surface area contributed by atoms with E-state index in [1.807, 2.05) is 7.05 Å². The molecule has 0 saturated carbocycles. The van der Waals surface area contributed by atoms with Crippen molar-refractivity contribution in [2.75, 3.05) is 19.7 Å². The predicted molar refractivity (Wildman–Crippen MR) is 58.9 cm³/mol. The molecule has 2 heterocycles. The van der Waals surface area contributed by atoms with Crippen molar-refractivity contribution in [3.63, 3.8) is 0 Å². The van der Waals surface area contributed by atoms with Gasteiger partial charge in [-0.1, -0.05) is 0 Å². The van der Waals surface area contributed by atoms with Crippen LogP contribution in [-0.2, 0) is 7.05 Å². The number of hydrogen-bond donors (Lipinski definition) is 1. The first-order valence-corrected chi connectivity index (χ1v) is 5.59. The lowest BCUT2D eigenvalue weighted by molar-refractivity contribution is 0.0611. The van der Waals surface area contributed by atoms with Gasteiger partial charge in [0.25, 0.3) is 5.91 Å². The molecule has 1 aromatic rings. The van der Waals surface area contributed by atoms with Crippen LogP contribution in [0.3, 0.4) is 0 Å². The van der Waals surface area contributed by atoms with Gasteiger partial charge in [0, 0.05) is 26.7 Å². The number of carbonyl (C=O) groups excluding carboxylic acids is 1. The van der Waals surface area contributed by atoms with E-state index in [1.54, 1.807) is 22.0 Å². The van der Waals surface area contributed by atoms with Crippen LogP contribution in [0.4, 0.5) is 0 Å². The molecule has 5 heteroatoms. The standard InChI is InChI=1S/C11H17N3O2/c1-13-8-12-5-10(13)11(16)14-4-2-3-9(6-14)7-15/h5,8-9,15H,2-4,6-7H2,1H3. The topological polar surface area (TPSA) is 58.4 Å². The number of amides is 1. The Morgan fingerprint density at radius 1 is 1.69 bits per heavy atom. The van der Waals surface area contributed by atoms with Crippen molar-refractivity contribution in [1.82, 2.24) is 14.5 Å². The molecule has 2 rings (SSSR count). The van der Waals surface area contributed by atoms with E-state index < -0.39 is 0 Å². The third-order valence-corrected chi connectivity index (χ3v) is 3.10. The lowest BCUT2D eigenvalue weighted by Crippen LogP contribution is -2.41. The third kappa shape index (κ3) is 2.09. The quantitative estimate of drug-likeness (QED) is 0.782. The minimum atomic E-state index is 0.0122. The van der Waals surface area contributed by atoms with E-state index >= 15 is 0 Å². The molecule has 0 aromatic carbocycles. The number of piperidine rings is 1. The van der Waals surface area contributed by atoms with Gasteiger partial charge in [0.1, 0.15) is 5.69 Å². The Balaban J connectivity index is 2.07. The number of likely N-dealkylation sites (tertiary alicyclic amines) is 1. The number of nitrogens with zero attached hydrogens (tertiary/aromatic N) is 3. The van der Waals surface area contributed by atoms with Crippen LogP contribution >= 0.6 is 0 Å². The van der Waals surface area contributed by atoms with E-state index in [0.717, 1.165) is 19.4 Å². The molecule has 1 saturated heterocycles. The number of aliphatic hydroxyl groups excluding tert-OH is 1. The summed E-state index contributed by atoms with van der Waals surface area (Å²) in [5.41, 5.74) is 0.610. The van der Waals surface area contributed by atoms with Crippen LogP contribution in [0.25, 0.3) is 0 Å². The summed E-state index contributed by atoms with van der Waals surface area (Å²) in [4.78, 5) is 17.9. The molecule has 1 aromatic heterocycles. The average molecular weight is 223 g/mol. The van der Waals surface area contributed by atoms with Crippen molar-refractivity contribution >= 4 is 5.91 Å². The Morgan fingerprint density at radius 2 is 2.50 bits per heavy atom. The van der Waals surface area contributed by atoms with Gasteiger partial charge >= 0.3 is 0 Å². The summed E-state index contributed by atoms with van der Waals surface area (Å²) in [5.74, 6) is 0.240. The molecule has 1 amide bonds. The number of aliphatic hydroxyl groups is 1. The summed E-state index contributed by atoms with van der Waals surface area (Å²) < 4.78 is 1.73. The summed E-state index contributed by atoms with van der Waals surface area (Å²) in [5, 5.41) is 9.12. The molecule has 1 unspecified atom stereocenters. The normalized spacial score (nSPS) is 21.1. The van der Waals surface area contributed by atoms with Gasteiger partial charge in [0.2, 0.25) is 0 Å². The predicted octanol–water partition coefficient (Wildman–Crippen LogP) is 0.265. The third-order valence-electron chi connectivity index (χ3n) is 3.10. The maximum atomic E-state index is 12.1. The molecule has 0 aliphatic carbocycles. The van der Waals surface area contributed by atoms with E-state index in [2.05, 4.69) is 4.98 Å². The molecule has 0 radical (unpaired) electrons. The molecule has 1 fully saturated rings. The van der Waals surface area contributed by atoms with Crippen molar-refractivity contribution in [2.24, 2.45) is 13.0 Å². The highest BCUT2D eigenvalue weighted by atomic mass is 16.3. The van der Waals surface area contributed by atoms with Gasteiger partial charge in [-0.2, -0.15) is 0 Å². The van der Waals surface area contributed by atoms with Crippen molar-refractivity contribution in [3.05, 3.63) is 18.2 Å². The highest BCUT2D eigenvalue weighted by Crippen LogP contribution is 2.17. The van der Waals surface area contributed by atoms with Gasteiger partial charge in [-0.25, -0.2) is 4.98 Å². The van der Waals surface area contributed by atoms with E-state index in [-0.39, 0.29) is 18.4 Å². The molecule has 5 nitrogen and oxygen atoms in total. The summed E-state index contributed by atoms with van der Waals surface area (Å²) >= 11 is 0. The van der Waals surface area contributed by atoms with Crippen molar-refractivity contribution in [1.29, 1.82) is 0 Å². The van der Waals surface area contributed by atoms with E-state index in [9.17, 15) is 4.79 Å². The number of rotatable bonds is 2. The maximum Gasteiger partial charge on any atom is 0.272 e. The zero-order chi connectivity index (χ0) is 11.5. The monoisotopic (exact) mass is 223 g/mol. The molecule has 1 aliphatic heterocycles. The zero-order valence-corrected chi connectivity index (χ0v) is 9.46. The lowest BCUT2D eigenvalue weighted by Gasteiger charge is -2.31. The summed E-state index contributed by atoms with van der Waals surface area (Å²) in [6, 6.07) is 0. The number of aryl methyl sites for hydroxylation is 1. The highest BCUT2D eigenvalue weighted by molar-refractivity contribution is 5.92. The Bertz CT molecular complexity index is 375. The maximum absolute atomic E-state index is 12.1. The van der Waals surface area contributed by atoms with Crippen LogP contribution in [0.1, 0.15) is 23.3 Å². The first-order chi connectivity index (χ1) is 7.72. The van der Waals surface area contributed by atoms with E-state index in [1.165, 1.54) is 0 Å². The second kappa shape index (κ2) is 4.65. The molecule has 88 valence electrons. The van der Waals surface area contributed by atoms with Crippen molar-refractivity contribution in [3.8, 4) is 0 Å². The number of imidazole rings is 1. The molecular weight excluding hydrogens is 206 g/mol.